The molecule has 2 N–H and O–H groups in total. The monoisotopic (exact) mass is 387 g/mol. The number of ether oxygens (including phenoxy) is 1. The number of nitrogens with zero attached hydrogens (tertiary/aromatic N) is 2. The summed E-state index contributed by atoms with van der Waals surface area (Å²) in [5, 5.41) is 22.4. The van der Waals surface area contributed by atoms with Crippen molar-refractivity contribution >= 4 is 33.9 Å². The third-order valence-electron chi connectivity index (χ3n) is 3.54. The summed E-state index contributed by atoms with van der Waals surface area (Å²) in [7, 11) is 0. The van der Waals surface area contributed by atoms with Gasteiger partial charge in [-0.25, -0.2) is 0 Å². The summed E-state index contributed by atoms with van der Waals surface area (Å²) in [5.41, 5.74) is 3.33. The van der Waals surface area contributed by atoms with Gasteiger partial charge in [0, 0.05) is 11.4 Å². The van der Waals surface area contributed by atoms with Crippen LogP contribution in [-0.2, 0) is 0 Å². The number of rotatable bonds is 8. The van der Waals surface area contributed by atoms with Crippen LogP contribution in [0.1, 0.15) is 11.1 Å². The number of aromatic nitrogens is 2. The molecule has 7 heteroatoms. The molecular weight excluding hydrogens is 366 g/mol. The number of benzene rings is 2. The van der Waals surface area contributed by atoms with Gasteiger partial charge < -0.3 is 15.2 Å². The highest BCUT2D eigenvalue weighted by Crippen LogP contribution is 2.28. The van der Waals surface area contributed by atoms with Gasteiger partial charge >= 0.3 is 0 Å². The Balaban J connectivity index is 1.44. The Kier molecular flexibility index (Phi) is 6.49. The van der Waals surface area contributed by atoms with Gasteiger partial charge in [-0.3, -0.25) is 0 Å². The second-order valence-electron chi connectivity index (χ2n) is 5.96. The topological polar surface area (TPSA) is 67.3 Å². The lowest BCUT2D eigenvalue weighted by Gasteiger charge is -2.11. The van der Waals surface area contributed by atoms with Crippen LogP contribution in [0, 0.1) is 13.8 Å². The van der Waals surface area contributed by atoms with Crippen molar-refractivity contribution < 1.29 is 9.84 Å². The van der Waals surface area contributed by atoms with Gasteiger partial charge in [0.05, 0.1) is 6.10 Å². The SMILES string of the molecule is Cc1ccc(Nc2nnc(SC[C@H](O)COc3cccc(C)c3)s2)cc1. The molecule has 5 nitrogen and oxygen atoms in total. The van der Waals surface area contributed by atoms with E-state index in [1.165, 1.54) is 28.7 Å². The van der Waals surface area contributed by atoms with Crippen molar-refractivity contribution in [3.05, 3.63) is 59.7 Å². The Morgan fingerprint density at radius 1 is 1.12 bits per heavy atom. The molecule has 0 amide bonds. The first-order valence-corrected chi connectivity index (χ1v) is 10.1. The Bertz CT molecular complexity index is 837. The van der Waals surface area contributed by atoms with Crippen molar-refractivity contribution in [2.45, 2.75) is 24.3 Å². The lowest BCUT2D eigenvalue weighted by atomic mass is 10.2. The fourth-order valence-electron chi connectivity index (χ4n) is 2.19. The molecule has 0 aliphatic heterocycles. The van der Waals surface area contributed by atoms with E-state index in [9.17, 15) is 5.11 Å². The average molecular weight is 388 g/mol. The fourth-order valence-corrected chi connectivity index (χ4v) is 3.90. The van der Waals surface area contributed by atoms with Gasteiger partial charge in [0.1, 0.15) is 12.4 Å². The maximum Gasteiger partial charge on any atom is 0.210 e. The fraction of sp³-hybridized carbons (Fsp3) is 0.263. The van der Waals surface area contributed by atoms with Crippen molar-refractivity contribution in [1.29, 1.82) is 0 Å². The minimum absolute atomic E-state index is 0.254. The summed E-state index contributed by atoms with van der Waals surface area (Å²) in [6, 6.07) is 15.9. The first-order chi connectivity index (χ1) is 12.6. The van der Waals surface area contributed by atoms with Crippen LogP contribution in [-0.4, -0.2) is 33.8 Å². The van der Waals surface area contributed by atoms with Crippen molar-refractivity contribution in [2.75, 3.05) is 17.7 Å². The Labute approximate surface area is 161 Å². The van der Waals surface area contributed by atoms with Gasteiger partial charge in [-0.1, -0.05) is 52.9 Å². The summed E-state index contributed by atoms with van der Waals surface area (Å²) >= 11 is 2.94. The summed E-state index contributed by atoms with van der Waals surface area (Å²) < 4.78 is 6.44. The summed E-state index contributed by atoms with van der Waals surface area (Å²) in [5.74, 6) is 1.28. The molecule has 26 heavy (non-hydrogen) atoms. The summed E-state index contributed by atoms with van der Waals surface area (Å²) in [6.45, 7) is 4.32. The zero-order valence-electron chi connectivity index (χ0n) is 14.7. The highest BCUT2D eigenvalue weighted by Gasteiger charge is 2.10. The Hall–Kier alpha value is -2.09. The smallest absolute Gasteiger partial charge is 0.210 e. The molecule has 0 spiro atoms. The van der Waals surface area contributed by atoms with Crippen LogP contribution in [0.25, 0.3) is 0 Å². The zero-order valence-corrected chi connectivity index (χ0v) is 16.3. The maximum atomic E-state index is 10.1. The number of hydrogen-bond acceptors (Lipinski definition) is 7. The van der Waals surface area contributed by atoms with E-state index < -0.39 is 6.10 Å². The second-order valence-corrected chi connectivity index (χ2v) is 8.20. The van der Waals surface area contributed by atoms with E-state index >= 15 is 0 Å². The Morgan fingerprint density at radius 2 is 1.92 bits per heavy atom. The molecule has 0 bridgehead atoms. The molecular formula is C19H21N3O2S2. The molecule has 136 valence electrons. The molecule has 0 unspecified atom stereocenters. The van der Waals surface area contributed by atoms with Crippen molar-refractivity contribution in [3.8, 4) is 5.75 Å². The first kappa shape index (κ1) is 18.7. The van der Waals surface area contributed by atoms with Crippen LogP contribution >= 0.6 is 23.1 Å². The number of aliphatic hydroxyl groups excluding tert-OH is 1. The highest BCUT2D eigenvalue weighted by molar-refractivity contribution is 8.01. The molecule has 3 aromatic rings. The molecule has 0 fully saturated rings. The molecule has 0 aliphatic rings. The lowest BCUT2D eigenvalue weighted by Crippen LogP contribution is -2.20. The molecule has 3 rings (SSSR count). The van der Waals surface area contributed by atoms with Crippen molar-refractivity contribution in [3.63, 3.8) is 0 Å². The maximum absolute atomic E-state index is 10.1. The van der Waals surface area contributed by atoms with Gasteiger partial charge in [0.25, 0.3) is 0 Å². The van der Waals surface area contributed by atoms with Crippen molar-refractivity contribution in [1.82, 2.24) is 10.2 Å². The molecule has 1 aromatic heterocycles. The largest absolute Gasteiger partial charge is 0.491 e. The van der Waals surface area contributed by atoms with Crippen LogP contribution in [0.4, 0.5) is 10.8 Å². The standard InChI is InChI=1S/C19H21N3O2S2/c1-13-6-8-15(9-7-13)20-18-21-22-19(26-18)25-12-16(23)11-24-17-5-3-4-14(2)10-17/h3-10,16,23H,11-12H2,1-2H3,(H,20,21)/t16-/m1/s1. The summed E-state index contributed by atoms with van der Waals surface area (Å²) in [6.07, 6.45) is -0.571. The molecule has 0 aliphatic carbocycles. The summed E-state index contributed by atoms with van der Waals surface area (Å²) in [4.78, 5) is 0. The zero-order chi connectivity index (χ0) is 18.4. The number of aryl methyl sites for hydroxylation is 2. The lowest BCUT2D eigenvalue weighted by molar-refractivity contribution is 0.126. The van der Waals surface area contributed by atoms with Crippen molar-refractivity contribution in [2.24, 2.45) is 0 Å². The predicted molar refractivity (Wildman–Crippen MR) is 108 cm³/mol. The van der Waals surface area contributed by atoms with Crippen LogP contribution in [0.5, 0.6) is 5.75 Å². The van der Waals surface area contributed by atoms with Gasteiger partial charge in [-0.15, -0.1) is 10.2 Å². The number of aliphatic hydroxyl groups is 1. The number of hydrogen-bond donors (Lipinski definition) is 2. The van der Waals surface area contributed by atoms with Crippen LogP contribution in [0.3, 0.4) is 0 Å². The first-order valence-electron chi connectivity index (χ1n) is 8.26. The van der Waals surface area contributed by atoms with Crippen LogP contribution in [0.15, 0.2) is 52.9 Å². The number of thioether (sulfide) groups is 1. The third kappa shape index (κ3) is 5.72. The Morgan fingerprint density at radius 3 is 2.69 bits per heavy atom. The van der Waals surface area contributed by atoms with E-state index in [0.29, 0.717) is 5.75 Å². The molecule has 0 saturated heterocycles. The van der Waals surface area contributed by atoms with Gasteiger partial charge in [-0.05, 0) is 43.7 Å². The van der Waals surface area contributed by atoms with Crippen LogP contribution < -0.4 is 10.1 Å². The molecule has 1 heterocycles. The van der Waals surface area contributed by atoms with E-state index in [1.807, 2.05) is 55.5 Å². The molecule has 2 aromatic carbocycles. The third-order valence-corrected chi connectivity index (χ3v) is 5.66. The highest BCUT2D eigenvalue weighted by atomic mass is 32.2. The quantitative estimate of drug-likeness (QED) is 0.557. The van der Waals surface area contributed by atoms with E-state index in [1.54, 1.807) is 0 Å². The average Bonchev–Trinajstić information content (AvgIpc) is 3.08. The van der Waals surface area contributed by atoms with E-state index in [4.69, 9.17) is 4.74 Å². The van der Waals surface area contributed by atoms with Gasteiger partial charge in [0.2, 0.25) is 5.13 Å². The number of anilines is 2. The molecule has 0 saturated carbocycles. The molecule has 0 radical (unpaired) electrons. The van der Waals surface area contributed by atoms with E-state index in [2.05, 4.69) is 22.4 Å². The van der Waals surface area contributed by atoms with E-state index in [-0.39, 0.29) is 6.61 Å². The van der Waals surface area contributed by atoms with Crippen LogP contribution in [0.2, 0.25) is 0 Å². The minimum Gasteiger partial charge on any atom is -0.491 e. The van der Waals surface area contributed by atoms with Gasteiger partial charge in [0.15, 0.2) is 4.34 Å². The predicted octanol–water partition coefficient (Wildman–Crippen LogP) is 4.43. The normalized spacial score (nSPS) is 12.0. The van der Waals surface area contributed by atoms with E-state index in [0.717, 1.165) is 26.5 Å². The van der Waals surface area contributed by atoms with Gasteiger partial charge in [-0.2, -0.15) is 0 Å². The second kappa shape index (κ2) is 9.02. The minimum atomic E-state index is -0.571. The molecule has 1 atom stereocenters. The number of nitrogens with one attached hydrogen (secondary N) is 1.